The highest BCUT2D eigenvalue weighted by atomic mass is 35.5. The van der Waals surface area contributed by atoms with Gasteiger partial charge in [0, 0.05) is 54.5 Å². The fourth-order valence-electron chi connectivity index (χ4n) is 6.68. The molecule has 0 unspecified atom stereocenters. The van der Waals surface area contributed by atoms with Crippen LogP contribution < -0.4 is 4.90 Å². The highest BCUT2D eigenvalue weighted by Crippen LogP contribution is 2.47. The molecule has 1 aliphatic heterocycles. The molecule has 7 rings (SSSR count). The second-order valence-corrected chi connectivity index (χ2v) is 12.2. The Bertz CT molecular complexity index is 1570. The Morgan fingerprint density at radius 2 is 1.82 bits per heavy atom. The average Bonchev–Trinajstić information content (AvgIpc) is 3.24. The number of esters is 1. The number of nitrogens with zero attached hydrogens (tertiary/aromatic N) is 3. The Balaban J connectivity index is 1.04. The third-order valence-corrected chi connectivity index (χ3v) is 9.51. The molecule has 0 radical (unpaired) electrons. The molecule has 0 bridgehead atoms. The summed E-state index contributed by atoms with van der Waals surface area (Å²) in [6, 6.07) is 11.8. The highest BCUT2D eigenvalue weighted by molar-refractivity contribution is 6.39. The molecule has 1 saturated heterocycles. The van der Waals surface area contributed by atoms with E-state index in [1.807, 2.05) is 42.1 Å². The lowest BCUT2D eigenvalue weighted by molar-refractivity contribution is 0.0403. The molecular formula is C31H31Cl2N3O4. The van der Waals surface area contributed by atoms with Gasteiger partial charge in [-0.1, -0.05) is 34.4 Å². The molecule has 4 aromatic rings. The fraction of sp³-hybridized carbons (Fsp3) is 0.419. The van der Waals surface area contributed by atoms with E-state index < -0.39 is 0 Å². The third kappa shape index (κ3) is 4.48. The molecule has 2 aliphatic carbocycles. The zero-order chi connectivity index (χ0) is 27.5. The summed E-state index contributed by atoms with van der Waals surface area (Å²) < 4.78 is 19.3. The van der Waals surface area contributed by atoms with Crippen molar-refractivity contribution >= 4 is 45.8 Å². The summed E-state index contributed by atoms with van der Waals surface area (Å²) in [5, 5.41) is 6.45. The van der Waals surface area contributed by atoms with Gasteiger partial charge >= 0.3 is 5.97 Å². The minimum atomic E-state index is -0.308. The smallest absolute Gasteiger partial charge is 0.340 e. The number of ether oxygens (including phenoxy) is 2. The molecule has 3 fully saturated rings. The van der Waals surface area contributed by atoms with Crippen LogP contribution in [0.1, 0.15) is 53.3 Å². The van der Waals surface area contributed by atoms with E-state index in [9.17, 15) is 4.79 Å². The maximum absolute atomic E-state index is 12.2. The maximum Gasteiger partial charge on any atom is 0.340 e. The van der Waals surface area contributed by atoms with Crippen molar-refractivity contribution < 1.29 is 18.8 Å². The van der Waals surface area contributed by atoms with E-state index in [0.717, 1.165) is 61.0 Å². The van der Waals surface area contributed by atoms with Crippen LogP contribution in [-0.2, 0) is 23.1 Å². The van der Waals surface area contributed by atoms with Crippen molar-refractivity contribution in [2.45, 2.75) is 44.3 Å². The maximum atomic E-state index is 12.2. The van der Waals surface area contributed by atoms with E-state index in [4.69, 9.17) is 37.2 Å². The molecule has 3 atom stereocenters. The number of aryl methyl sites for hydroxylation is 1. The number of anilines is 1. The van der Waals surface area contributed by atoms with E-state index >= 15 is 0 Å². The van der Waals surface area contributed by atoms with E-state index in [2.05, 4.69) is 22.2 Å². The fourth-order valence-corrected chi connectivity index (χ4v) is 7.26. The Morgan fingerprint density at radius 1 is 1.10 bits per heavy atom. The molecule has 3 heterocycles. The molecule has 0 spiro atoms. The van der Waals surface area contributed by atoms with Gasteiger partial charge in [0.15, 0.2) is 0 Å². The molecule has 2 aromatic heterocycles. The molecule has 208 valence electrons. The third-order valence-electron chi connectivity index (χ3n) is 8.88. The lowest BCUT2D eigenvalue weighted by Gasteiger charge is -2.22. The number of methoxy groups -OCH3 is 1. The molecule has 0 N–H and O–H groups in total. The van der Waals surface area contributed by atoms with Gasteiger partial charge in [0.2, 0.25) is 0 Å². The monoisotopic (exact) mass is 579 g/mol. The first kappa shape index (κ1) is 25.9. The summed E-state index contributed by atoms with van der Waals surface area (Å²) in [5.74, 6) is 2.19. The molecule has 40 heavy (non-hydrogen) atoms. The first-order valence-corrected chi connectivity index (χ1v) is 14.6. The van der Waals surface area contributed by atoms with Crippen molar-refractivity contribution in [3.63, 3.8) is 0 Å². The first-order chi connectivity index (χ1) is 19.4. The average molecular weight is 581 g/mol. The number of fused-ring (bicyclic) bond motifs is 2. The van der Waals surface area contributed by atoms with Gasteiger partial charge in [-0.25, -0.2) is 4.79 Å². The Kier molecular flexibility index (Phi) is 6.56. The topological polar surface area (TPSA) is 69.7 Å². The lowest BCUT2D eigenvalue weighted by Crippen LogP contribution is -2.23. The van der Waals surface area contributed by atoms with Crippen LogP contribution in [0.2, 0.25) is 10.0 Å². The van der Waals surface area contributed by atoms with E-state index in [1.165, 1.54) is 12.8 Å². The van der Waals surface area contributed by atoms with Crippen LogP contribution in [0, 0.1) is 11.8 Å². The lowest BCUT2D eigenvalue weighted by atomic mass is 10.0. The number of carbonyl (C=O) groups excluding carboxylic acids is 1. The van der Waals surface area contributed by atoms with Gasteiger partial charge in [-0.05, 0) is 67.9 Å². The standard InChI is InChI=1S/C31H31Cl2N3O4/c1-35-15-23(31(37)38-2)22-9-8-20(12-27(22)35)36-13-18-10-21(11-19(18)14-36)39-16-24-29(34-40-30(24)17-6-7-17)28-25(32)4-3-5-26(28)33/h3-5,8-9,12,15,17-19,21H,6-7,10-11,13-14,16H2,1-2H3/t18-,19+,21+. The second kappa shape index (κ2) is 10.1. The Hall–Kier alpha value is -3.00. The number of rotatable bonds is 7. The van der Waals surface area contributed by atoms with Gasteiger partial charge in [-0.15, -0.1) is 0 Å². The molecule has 9 heteroatoms. The van der Waals surface area contributed by atoms with Crippen LogP contribution in [0.15, 0.2) is 47.1 Å². The zero-order valence-electron chi connectivity index (χ0n) is 22.5. The molecule has 2 aromatic carbocycles. The molecule has 7 nitrogen and oxygen atoms in total. The number of carbonyl (C=O) groups is 1. The summed E-state index contributed by atoms with van der Waals surface area (Å²) in [6.45, 7) is 2.46. The first-order valence-electron chi connectivity index (χ1n) is 13.9. The van der Waals surface area contributed by atoms with Gasteiger partial charge in [-0.2, -0.15) is 0 Å². The van der Waals surface area contributed by atoms with Crippen molar-refractivity contribution in [1.29, 1.82) is 0 Å². The largest absolute Gasteiger partial charge is 0.465 e. The van der Waals surface area contributed by atoms with E-state index in [-0.39, 0.29) is 12.1 Å². The van der Waals surface area contributed by atoms with Crippen molar-refractivity contribution in [2.75, 3.05) is 25.1 Å². The van der Waals surface area contributed by atoms with Crippen LogP contribution in [0.4, 0.5) is 5.69 Å². The predicted octanol–water partition coefficient (Wildman–Crippen LogP) is 7.24. The number of halogens is 2. The van der Waals surface area contributed by atoms with Crippen molar-refractivity contribution in [1.82, 2.24) is 9.72 Å². The van der Waals surface area contributed by atoms with Crippen LogP contribution >= 0.6 is 23.2 Å². The van der Waals surface area contributed by atoms with Gasteiger partial charge in [0.1, 0.15) is 11.5 Å². The van der Waals surface area contributed by atoms with Crippen molar-refractivity contribution in [2.24, 2.45) is 18.9 Å². The quantitative estimate of drug-likeness (QED) is 0.215. The zero-order valence-corrected chi connectivity index (χ0v) is 24.0. The molecular weight excluding hydrogens is 549 g/mol. The number of benzene rings is 2. The van der Waals surface area contributed by atoms with Gasteiger partial charge < -0.3 is 23.5 Å². The molecule has 2 saturated carbocycles. The van der Waals surface area contributed by atoms with Crippen LogP contribution in [-0.4, -0.2) is 42.0 Å². The summed E-state index contributed by atoms with van der Waals surface area (Å²) in [6.07, 6.45) is 6.33. The number of hydrogen-bond donors (Lipinski definition) is 0. The normalized spacial score (nSPS) is 22.3. The summed E-state index contributed by atoms with van der Waals surface area (Å²) in [4.78, 5) is 14.6. The minimum absolute atomic E-state index is 0.201. The van der Waals surface area contributed by atoms with Gasteiger partial charge in [0.25, 0.3) is 0 Å². The minimum Gasteiger partial charge on any atom is -0.465 e. The number of hydrogen-bond acceptors (Lipinski definition) is 6. The van der Waals surface area contributed by atoms with Crippen LogP contribution in [0.3, 0.4) is 0 Å². The van der Waals surface area contributed by atoms with Gasteiger partial charge in [0.05, 0.1) is 40.9 Å². The highest BCUT2D eigenvalue weighted by Gasteiger charge is 2.42. The number of aromatic nitrogens is 2. The van der Waals surface area contributed by atoms with Crippen molar-refractivity contribution in [3.8, 4) is 11.3 Å². The second-order valence-electron chi connectivity index (χ2n) is 11.4. The van der Waals surface area contributed by atoms with E-state index in [0.29, 0.717) is 51.2 Å². The molecule has 3 aliphatic rings. The summed E-state index contributed by atoms with van der Waals surface area (Å²) in [5.41, 5.74) is 5.23. The van der Waals surface area contributed by atoms with Crippen LogP contribution in [0.25, 0.3) is 22.2 Å². The summed E-state index contributed by atoms with van der Waals surface area (Å²) >= 11 is 13.1. The Morgan fingerprint density at radius 3 is 2.50 bits per heavy atom. The van der Waals surface area contributed by atoms with Crippen LogP contribution in [0.5, 0.6) is 0 Å². The van der Waals surface area contributed by atoms with Crippen molar-refractivity contribution in [3.05, 3.63) is 69.5 Å². The van der Waals surface area contributed by atoms with Gasteiger partial charge in [-0.3, -0.25) is 0 Å². The predicted molar refractivity (Wildman–Crippen MR) is 155 cm³/mol. The molecule has 0 amide bonds. The SMILES string of the molecule is COC(=O)c1cn(C)c2cc(N3C[C@H]4C[C@H](OCc5c(-c6c(Cl)cccc6Cl)noc5C5CC5)C[C@H]4C3)ccc12. The summed E-state index contributed by atoms with van der Waals surface area (Å²) in [7, 11) is 3.38. The Labute approximate surface area is 242 Å². The van der Waals surface area contributed by atoms with E-state index in [1.54, 1.807) is 0 Å².